The van der Waals surface area contributed by atoms with E-state index >= 15 is 0 Å². The number of nitriles is 1. The molecule has 0 unspecified atom stereocenters. The second-order valence-electron chi connectivity index (χ2n) is 3.62. The van der Waals surface area contributed by atoms with Gasteiger partial charge in [0.1, 0.15) is 16.5 Å². The molecular weight excluding hydrogens is 232 g/mol. The molecule has 0 spiro atoms. The fourth-order valence-corrected chi connectivity index (χ4v) is 2.66. The van der Waals surface area contributed by atoms with Crippen LogP contribution in [0.2, 0.25) is 0 Å². The first-order valence-electron chi connectivity index (χ1n) is 5.08. The Bertz CT molecular complexity index is 718. The fourth-order valence-electron chi connectivity index (χ4n) is 1.76. The monoisotopic (exact) mass is 240 g/mol. The molecule has 0 bridgehead atoms. The Kier molecular flexibility index (Phi) is 2.16. The molecule has 0 saturated heterocycles. The first kappa shape index (κ1) is 10.00. The number of hydrogen-bond acceptors (Lipinski definition) is 4. The highest BCUT2D eigenvalue weighted by molar-refractivity contribution is 7.19. The lowest BCUT2D eigenvalue weighted by Crippen LogP contribution is -1.91. The van der Waals surface area contributed by atoms with E-state index in [0.717, 1.165) is 21.6 Å². The zero-order valence-corrected chi connectivity index (χ0v) is 9.90. The molecular formula is C12H8N4S. The topological polar surface area (TPSA) is 54.5 Å². The third-order valence-electron chi connectivity index (χ3n) is 2.52. The summed E-state index contributed by atoms with van der Waals surface area (Å²) in [6.45, 7) is 0. The van der Waals surface area contributed by atoms with Crippen molar-refractivity contribution in [1.82, 2.24) is 14.8 Å². The lowest BCUT2D eigenvalue weighted by molar-refractivity contribution is 0.790. The third-order valence-corrected chi connectivity index (χ3v) is 3.48. The van der Waals surface area contributed by atoms with Crippen LogP contribution in [0.5, 0.6) is 0 Å². The average Bonchev–Trinajstić information content (AvgIpc) is 2.91. The van der Waals surface area contributed by atoms with Gasteiger partial charge in [-0.25, -0.2) is 9.67 Å². The predicted octanol–water partition coefficient (Wildman–Crippen LogP) is 2.57. The second-order valence-corrected chi connectivity index (χ2v) is 4.62. The van der Waals surface area contributed by atoms with Crippen molar-refractivity contribution in [1.29, 1.82) is 5.26 Å². The summed E-state index contributed by atoms with van der Waals surface area (Å²) in [5.74, 6) is 0. The molecule has 2 aromatic heterocycles. The van der Waals surface area contributed by atoms with Crippen LogP contribution in [0.25, 0.3) is 21.6 Å². The van der Waals surface area contributed by atoms with Crippen LogP contribution in [-0.2, 0) is 7.05 Å². The largest absolute Gasteiger partial charge is 0.249 e. The van der Waals surface area contributed by atoms with Gasteiger partial charge in [0, 0.05) is 12.6 Å². The summed E-state index contributed by atoms with van der Waals surface area (Å²) in [5.41, 5.74) is 2.71. The minimum Gasteiger partial charge on any atom is -0.249 e. The van der Waals surface area contributed by atoms with E-state index in [0.29, 0.717) is 5.01 Å². The van der Waals surface area contributed by atoms with Gasteiger partial charge in [-0.15, -0.1) is 0 Å². The van der Waals surface area contributed by atoms with Gasteiger partial charge in [-0.05, 0) is 0 Å². The maximum Gasteiger partial charge on any atom is 0.197 e. The second kappa shape index (κ2) is 3.68. The molecule has 0 aliphatic heterocycles. The van der Waals surface area contributed by atoms with Crippen molar-refractivity contribution in [2.45, 2.75) is 0 Å². The van der Waals surface area contributed by atoms with Gasteiger partial charge < -0.3 is 0 Å². The van der Waals surface area contributed by atoms with E-state index in [-0.39, 0.29) is 0 Å². The van der Waals surface area contributed by atoms with Crippen LogP contribution in [-0.4, -0.2) is 14.8 Å². The molecule has 82 valence electrons. The van der Waals surface area contributed by atoms with Crippen LogP contribution in [0.4, 0.5) is 0 Å². The number of hydrogen-bond donors (Lipinski definition) is 0. The summed E-state index contributed by atoms with van der Waals surface area (Å²) in [7, 11) is 1.84. The Morgan fingerprint density at radius 1 is 1.29 bits per heavy atom. The van der Waals surface area contributed by atoms with E-state index in [4.69, 9.17) is 5.26 Å². The van der Waals surface area contributed by atoms with Gasteiger partial charge in [0.25, 0.3) is 0 Å². The number of aryl methyl sites for hydroxylation is 1. The van der Waals surface area contributed by atoms with Gasteiger partial charge in [0.05, 0.1) is 0 Å². The minimum atomic E-state index is 0.477. The molecule has 0 amide bonds. The van der Waals surface area contributed by atoms with E-state index in [2.05, 4.69) is 16.2 Å². The molecule has 1 aromatic carbocycles. The van der Waals surface area contributed by atoms with Crippen LogP contribution in [0.15, 0.2) is 30.3 Å². The highest BCUT2D eigenvalue weighted by Gasteiger charge is 2.15. The maximum atomic E-state index is 8.88. The summed E-state index contributed by atoms with van der Waals surface area (Å²) in [6, 6.07) is 12.0. The standard InChI is InChI=1S/C12H8N4S/c1-16-12-11(17-9(7-13)14-12)10(15-16)8-5-3-2-4-6-8/h2-6H,1H3. The number of fused-ring (bicyclic) bond motifs is 1. The van der Waals surface area contributed by atoms with Crippen molar-refractivity contribution in [3.8, 4) is 17.3 Å². The van der Waals surface area contributed by atoms with Crippen LogP contribution in [0, 0.1) is 11.3 Å². The van der Waals surface area contributed by atoms with Gasteiger partial charge in [-0.1, -0.05) is 41.7 Å². The van der Waals surface area contributed by atoms with E-state index in [1.54, 1.807) is 4.68 Å². The quantitative estimate of drug-likeness (QED) is 0.657. The summed E-state index contributed by atoms with van der Waals surface area (Å²) in [6.07, 6.45) is 0. The zero-order valence-electron chi connectivity index (χ0n) is 9.08. The van der Waals surface area contributed by atoms with Crippen molar-refractivity contribution in [3.05, 3.63) is 35.3 Å². The van der Waals surface area contributed by atoms with Crippen LogP contribution >= 0.6 is 11.3 Å². The molecule has 0 saturated carbocycles. The van der Waals surface area contributed by atoms with E-state index in [1.807, 2.05) is 37.4 Å². The lowest BCUT2D eigenvalue weighted by Gasteiger charge is -1.94. The Morgan fingerprint density at radius 3 is 2.76 bits per heavy atom. The van der Waals surface area contributed by atoms with Crippen molar-refractivity contribution < 1.29 is 0 Å². The van der Waals surface area contributed by atoms with E-state index in [9.17, 15) is 0 Å². The van der Waals surface area contributed by atoms with Crippen molar-refractivity contribution in [2.75, 3.05) is 0 Å². The molecule has 5 heteroatoms. The number of benzene rings is 1. The summed E-state index contributed by atoms with van der Waals surface area (Å²) >= 11 is 1.38. The molecule has 3 rings (SSSR count). The Balaban J connectivity index is 2.31. The first-order chi connectivity index (χ1) is 8.29. The highest BCUT2D eigenvalue weighted by Crippen LogP contribution is 2.31. The van der Waals surface area contributed by atoms with Crippen LogP contribution in [0.3, 0.4) is 0 Å². The molecule has 17 heavy (non-hydrogen) atoms. The molecule has 3 aromatic rings. The molecule has 2 heterocycles. The number of nitrogens with zero attached hydrogens (tertiary/aromatic N) is 4. The Hall–Kier alpha value is -2.19. The zero-order chi connectivity index (χ0) is 11.8. The SMILES string of the molecule is Cn1nc(-c2ccccc2)c2sc(C#N)nc21. The van der Waals surface area contributed by atoms with Crippen molar-refractivity contribution in [2.24, 2.45) is 7.05 Å². The van der Waals surface area contributed by atoms with E-state index in [1.165, 1.54) is 11.3 Å². The van der Waals surface area contributed by atoms with Gasteiger partial charge in [0.2, 0.25) is 0 Å². The van der Waals surface area contributed by atoms with Crippen molar-refractivity contribution >= 4 is 21.7 Å². The molecule has 0 atom stereocenters. The first-order valence-corrected chi connectivity index (χ1v) is 5.90. The number of thiazole rings is 1. The van der Waals surface area contributed by atoms with Gasteiger partial charge >= 0.3 is 0 Å². The summed E-state index contributed by atoms with van der Waals surface area (Å²) in [5, 5.41) is 13.8. The summed E-state index contributed by atoms with van der Waals surface area (Å²) in [4.78, 5) is 4.23. The lowest BCUT2D eigenvalue weighted by atomic mass is 10.2. The Morgan fingerprint density at radius 2 is 2.06 bits per heavy atom. The van der Waals surface area contributed by atoms with Crippen molar-refractivity contribution in [3.63, 3.8) is 0 Å². The predicted molar refractivity (Wildman–Crippen MR) is 66.5 cm³/mol. The Labute approximate surface area is 102 Å². The minimum absolute atomic E-state index is 0.477. The smallest absolute Gasteiger partial charge is 0.197 e. The van der Waals surface area contributed by atoms with Gasteiger partial charge in [-0.2, -0.15) is 10.4 Å². The molecule has 4 nitrogen and oxygen atoms in total. The number of aromatic nitrogens is 3. The third kappa shape index (κ3) is 1.50. The highest BCUT2D eigenvalue weighted by atomic mass is 32.1. The van der Waals surface area contributed by atoms with Gasteiger partial charge in [0.15, 0.2) is 10.7 Å². The average molecular weight is 240 g/mol. The normalized spacial score (nSPS) is 10.6. The molecule has 0 aliphatic carbocycles. The molecule has 0 fully saturated rings. The van der Waals surface area contributed by atoms with Crippen LogP contribution < -0.4 is 0 Å². The summed E-state index contributed by atoms with van der Waals surface area (Å²) < 4.78 is 2.69. The fraction of sp³-hybridized carbons (Fsp3) is 0.0833. The molecule has 0 radical (unpaired) electrons. The number of rotatable bonds is 1. The van der Waals surface area contributed by atoms with E-state index < -0.39 is 0 Å². The maximum absolute atomic E-state index is 8.88. The van der Waals surface area contributed by atoms with Crippen LogP contribution in [0.1, 0.15) is 5.01 Å². The van der Waals surface area contributed by atoms with Gasteiger partial charge in [-0.3, -0.25) is 0 Å². The molecule has 0 aliphatic rings. The molecule has 0 N–H and O–H groups in total.